The van der Waals surface area contributed by atoms with Crippen molar-refractivity contribution in [2.24, 2.45) is 5.73 Å². The summed E-state index contributed by atoms with van der Waals surface area (Å²) in [6, 6.07) is 3.19. The maximum absolute atomic E-state index is 10.9. The molecule has 0 spiro atoms. The van der Waals surface area contributed by atoms with Gasteiger partial charge in [0.1, 0.15) is 5.75 Å². The molecule has 0 radical (unpaired) electrons. The third-order valence-corrected chi connectivity index (χ3v) is 1.75. The number of primary amides is 1. The van der Waals surface area contributed by atoms with E-state index in [0.29, 0.717) is 5.56 Å². The molecule has 1 atom stereocenters. The molecule has 0 heterocycles. The summed E-state index contributed by atoms with van der Waals surface area (Å²) in [5.41, 5.74) is 1.82. The minimum absolute atomic E-state index is 0.00201. The highest BCUT2D eigenvalue weighted by Crippen LogP contribution is 2.16. The van der Waals surface area contributed by atoms with Crippen LogP contribution in [0, 0.1) is 0 Å². The Morgan fingerprint density at radius 3 is 2.47 bits per heavy atom. The summed E-state index contributed by atoms with van der Waals surface area (Å²) < 4.78 is 6.54. The van der Waals surface area contributed by atoms with Crippen molar-refractivity contribution in [1.29, 1.82) is 0 Å². The average molecular weight is 211 g/mol. The molecular formula is C9H10N2O4. The van der Waals surface area contributed by atoms with Crippen LogP contribution in [0.15, 0.2) is 24.3 Å². The van der Waals surface area contributed by atoms with E-state index in [1.807, 2.05) is 0 Å². The van der Waals surface area contributed by atoms with E-state index in [9.17, 15) is 9.59 Å². The molecule has 1 rings (SSSR count). The molecule has 5 N–H and O–H groups in total. The van der Waals surface area contributed by atoms with Gasteiger partial charge < -0.3 is 21.3 Å². The van der Waals surface area contributed by atoms with E-state index in [0.717, 1.165) is 0 Å². The number of hydrogen-bond acceptors (Lipinski definition) is 3. The van der Waals surface area contributed by atoms with Gasteiger partial charge in [0, 0.05) is 0 Å². The number of carboxylic acids is 1. The van der Waals surface area contributed by atoms with Crippen LogP contribution in [-0.2, 0) is 4.79 Å². The molecule has 0 aromatic heterocycles. The van der Waals surface area contributed by atoms with Gasteiger partial charge in [-0.1, -0.05) is 12.1 Å². The Bertz CT molecular complexity index is 393. The number of nitrogens with one attached hydrogen (secondary N) is 1. The Labute approximate surface area is 86.8 Å². The number of aliphatic carboxylic acids is 1. The Morgan fingerprint density at radius 1 is 1.40 bits per heavy atom. The van der Waals surface area contributed by atoms with Crippen molar-refractivity contribution in [2.75, 3.05) is 0 Å². The zero-order valence-electron chi connectivity index (χ0n) is 8.60. The van der Waals surface area contributed by atoms with Crippen LogP contribution in [0.2, 0.25) is 1.41 Å². The molecule has 1 aromatic carbocycles. The number of phenols is 1. The average Bonchev–Trinajstić information content (AvgIpc) is 2.26. The molecule has 0 saturated heterocycles. The lowest BCUT2D eigenvalue weighted by molar-refractivity contribution is -0.139. The van der Waals surface area contributed by atoms with Crippen LogP contribution in [0.25, 0.3) is 0 Å². The molecule has 0 fully saturated rings. The number of benzene rings is 1. The Balaban J connectivity index is 2.89. The summed E-state index contributed by atoms with van der Waals surface area (Å²) >= 11 is 0. The number of urea groups is 1. The Kier molecular flexibility index (Phi) is 2.68. The molecule has 0 saturated carbocycles. The number of phenolic OH excluding ortho intramolecular Hbond substituents is 1. The zero-order chi connectivity index (χ0) is 12.1. The normalized spacial score (nSPS) is 12.4. The SMILES string of the molecule is [2H]NC(=O)NC(C(=O)O)c1ccc(O)cc1. The summed E-state index contributed by atoms with van der Waals surface area (Å²) in [6.07, 6.45) is 0. The topological polar surface area (TPSA) is 113 Å². The van der Waals surface area contributed by atoms with Crippen LogP contribution < -0.4 is 11.0 Å². The lowest BCUT2D eigenvalue weighted by Gasteiger charge is -2.12. The molecule has 1 unspecified atom stereocenters. The third-order valence-electron chi connectivity index (χ3n) is 1.75. The molecule has 0 aliphatic carbocycles. The fourth-order valence-electron chi connectivity index (χ4n) is 1.09. The van der Waals surface area contributed by atoms with Crippen LogP contribution in [0.4, 0.5) is 4.79 Å². The summed E-state index contributed by atoms with van der Waals surface area (Å²) in [4.78, 5) is 21.7. The second kappa shape index (κ2) is 4.32. The van der Waals surface area contributed by atoms with Crippen LogP contribution >= 0.6 is 0 Å². The minimum atomic E-state index is -1.26. The van der Waals surface area contributed by atoms with Gasteiger partial charge in [0.05, 0.1) is 0 Å². The lowest BCUT2D eigenvalue weighted by Crippen LogP contribution is -2.37. The first-order valence-electron chi connectivity index (χ1n) is 4.54. The van der Waals surface area contributed by atoms with Gasteiger partial charge in [0.15, 0.2) is 7.45 Å². The maximum atomic E-state index is 10.9. The molecule has 0 aliphatic rings. The molecule has 1 aromatic rings. The number of amides is 2. The van der Waals surface area contributed by atoms with Crippen molar-refractivity contribution in [3.63, 3.8) is 0 Å². The number of hydrogen-bond donors (Lipinski definition) is 4. The molecule has 6 nitrogen and oxygen atoms in total. The highest BCUT2D eigenvalue weighted by molar-refractivity contribution is 5.82. The van der Waals surface area contributed by atoms with Gasteiger partial charge >= 0.3 is 12.0 Å². The predicted octanol–water partition coefficient (Wildman–Crippen LogP) is 0.186. The Hall–Kier alpha value is -2.24. The molecule has 2 amide bonds. The second-order valence-electron chi connectivity index (χ2n) is 2.84. The first-order valence-corrected chi connectivity index (χ1v) is 4.04. The van der Waals surface area contributed by atoms with Gasteiger partial charge in [-0.05, 0) is 17.7 Å². The molecule has 0 bridgehead atoms. The van der Waals surface area contributed by atoms with Crippen molar-refractivity contribution in [3.05, 3.63) is 29.8 Å². The quantitative estimate of drug-likeness (QED) is 0.571. The molecule has 6 heteroatoms. The van der Waals surface area contributed by atoms with E-state index in [2.05, 4.69) is 5.32 Å². The van der Waals surface area contributed by atoms with E-state index in [1.165, 1.54) is 30.0 Å². The van der Waals surface area contributed by atoms with E-state index in [1.54, 1.807) is 0 Å². The van der Waals surface area contributed by atoms with Crippen LogP contribution in [0.5, 0.6) is 5.75 Å². The predicted molar refractivity (Wildman–Crippen MR) is 51.2 cm³/mol. The first kappa shape index (κ1) is 9.32. The molecule has 80 valence electrons. The smallest absolute Gasteiger partial charge is 0.330 e. The lowest BCUT2D eigenvalue weighted by atomic mass is 10.1. The number of nitrogens with two attached hydrogens (primary N) is 1. The van der Waals surface area contributed by atoms with Gasteiger partial charge in [-0.2, -0.15) is 0 Å². The highest BCUT2D eigenvalue weighted by atomic mass is 16.4. The van der Waals surface area contributed by atoms with Gasteiger partial charge in [-0.3, -0.25) is 0 Å². The van der Waals surface area contributed by atoms with Crippen molar-refractivity contribution in [1.82, 2.24) is 5.32 Å². The monoisotopic (exact) mass is 211 g/mol. The van der Waals surface area contributed by atoms with E-state index in [-0.39, 0.29) is 5.75 Å². The summed E-state index contributed by atoms with van der Waals surface area (Å²) in [6.45, 7) is 0. The summed E-state index contributed by atoms with van der Waals surface area (Å²) in [5.74, 6) is -1.26. The van der Waals surface area contributed by atoms with Crippen molar-refractivity contribution in [3.8, 4) is 5.75 Å². The number of carboxylic acid groups (broad SMARTS) is 1. The fourth-order valence-corrected chi connectivity index (χ4v) is 1.09. The Morgan fingerprint density at radius 2 is 2.00 bits per heavy atom. The second-order valence-corrected chi connectivity index (χ2v) is 2.84. The van der Waals surface area contributed by atoms with Crippen molar-refractivity contribution >= 4 is 12.0 Å². The molecular weight excluding hydrogens is 200 g/mol. The maximum Gasteiger partial charge on any atom is 0.330 e. The van der Waals surface area contributed by atoms with Crippen LogP contribution in [0.3, 0.4) is 0 Å². The number of carbonyl (C=O) groups excluding carboxylic acids is 1. The van der Waals surface area contributed by atoms with E-state index < -0.39 is 18.0 Å². The standard InChI is InChI=1S/C9H10N2O4/c10-9(15)11-7(8(13)14)5-1-3-6(12)4-2-5/h1-4,7,12H,(H,13,14)(H3,10,11,15)/i/hD. The molecule has 15 heavy (non-hydrogen) atoms. The zero-order valence-corrected chi connectivity index (χ0v) is 7.60. The van der Waals surface area contributed by atoms with Gasteiger partial charge in [0.25, 0.3) is 0 Å². The summed E-state index contributed by atoms with van der Waals surface area (Å²) in [5, 5.41) is 20.0. The van der Waals surface area contributed by atoms with E-state index >= 15 is 0 Å². The third kappa shape index (κ3) is 2.87. The molecule has 0 aliphatic heterocycles. The minimum Gasteiger partial charge on any atom is -0.508 e. The van der Waals surface area contributed by atoms with Crippen molar-refractivity contribution in [2.45, 2.75) is 6.04 Å². The van der Waals surface area contributed by atoms with Gasteiger partial charge in [-0.25, -0.2) is 9.59 Å². The summed E-state index contributed by atoms with van der Waals surface area (Å²) in [7, 11) is 0. The van der Waals surface area contributed by atoms with Crippen molar-refractivity contribution < 1.29 is 21.2 Å². The van der Waals surface area contributed by atoms with E-state index in [4.69, 9.17) is 11.6 Å². The highest BCUT2D eigenvalue weighted by Gasteiger charge is 2.20. The van der Waals surface area contributed by atoms with Crippen LogP contribution in [0.1, 0.15) is 11.6 Å². The fraction of sp³-hybridized carbons (Fsp3) is 0.111. The number of rotatable bonds is 3. The largest absolute Gasteiger partial charge is 0.508 e. The van der Waals surface area contributed by atoms with Crippen LogP contribution in [-0.4, -0.2) is 22.2 Å². The van der Waals surface area contributed by atoms with Gasteiger partial charge in [-0.15, -0.1) is 0 Å². The number of carbonyl (C=O) groups is 2. The first-order chi connectivity index (χ1) is 7.54. The van der Waals surface area contributed by atoms with Gasteiger partial charge in [0.2, 0.25) is 0 Å². The number of aromatic hydroxyl groups is 1.